The smallest absolute Gasteiger partial charge is 0.211 e. The van der Waals surface area contributed by atoms with E-state index in [2.05, 4.69) is 114 Å². The van der Waals surface area contributed by atoms with Crippen molar-refractivity contribution in [2.75, 3.05) is 11.9 Å². The van der Waals surface area contributed by atoms with Crippen LogP contribution in [0.15, 0.2) is 71.7 Å². The van der Waals surface area contributed by atoms with Crippen molar-refractivity contribution in [1.29, 1.82) is 0 Å². The minimum absolute atomic E-state index is 0.0112. The molecule has 0 aromatic heterocycles. The minimum Gasteiger partial charge on any atom is -0.475 e. The SMILES string of the molecule is Cc1cc(C)c(NC(=CC2=NC(c3c(C(C)C)cccc3C(C)C)CO2)c2ccccc2)c(C)c1. The fourth-order valence-corrected chi connectivity index (χ4v) is 5.06. The number of benzene rings is 3. The molecule has 1 heterocycles. The van der Waals surface area contributed by atoms with Crippen LogP contribution in [0.2, 0.25) is 0 Å². The van der Waals surface area contributed by atoms with Crippen molar-refractivity contribution < 1.29 is 4.74 Å². The monoisotopic (exact) mass is 466 g/mol. The Kier molecular flexibility index (Phi) is 7.45. The van der Waals surface area contributed by atoms with Gasteiger partial charge in [-0.15, -0.1) is 0 Å². The van der Waals surface area contributed by atoms with Gasteiger partial charge < -0.3 is 10.1 Å². The highest BCUT2D eigenvalue weighted by Gasteiger charge is 2.27. The fourth-order valence-electron chi connectivity index (χ4n) is 5.06. The Hall–Kier alpha value is -3.33. The zero-order valence-electron chi connectivity index (χ0n) is 22.1. The van der Waals surface area contributed by atoms with Crippen LogP contribution in [0.25, 0.3) is 5.70 Å². The van der Waals surface area contributed by atoms with Crippen molar-refractivity contribution in [2.24, 2.45) is 4.99 Å². The summed E-state index contributed by atoms with van der Waals surface area (Å²) in [4.78, 5) is 5.09. The number of nitrogens with zero attached hydrogens (tertiary/aromatic N) is 1. The summed E-state index contributed by atoms with van der Waals surface area (Å²) in [6.07, 6.45) is 2.06. The van der Waals surface area contributed by atoms with Crippen LogP contribution >= 0.6 is 0 Å². The molecule has 1 aliphatic rings. The fraction of sp³-hybridized carbons (Fsp3) is 0.344. The molecule has 0 radical (unpaired) electrons. The summed E-state index contributed by atoms with van der Waals surface area (Å²) in [5.41, 5.74) is 11.0. The molecule has 1 aliphatic heterocycles. The van der Waals surface area contributed by atoms with Gasteiger partial charge in [-0.25, -0.2) is 4.99 Å². The molecule has 182 valence electrons. The van der Waals surface area contributed by atoms with E-state index in [0.717, 1.165) is 16.9 Å². The van der Waals surface area contributed by atoms with E-state index in [1.165, 1.54) is 33.4 Å². The number of hydrogen-bond acceptors (Lipinski definition) is 3. The Bertz CT molecular complexity index is 1200. The molecule has 0 aliphatic carbocycles. The van der Waals surface area contributed by atoms with Crippen molar-refractivity contribution in [2.45, 2.75) is 66.3 Å². The van der Waals surface area contributed by atoms with Gasteiger partial charge in [-0.1, -0.05) is 93.9 Å². The second-order valence-corrected chi connectivity index (χ2v) is 10.3. The number of aryl methyl sites for hydroxylation is 3. The second-order valence-electron chi connectivity index (χ2n) is 10.3. The summed E-state index contributed by atoms with van der Waals surface area (Å²) >= 11 is 0. The number of hydrogen-bond donors (Lipinski definition) is 1. The topological polar surface area (TPSA) is 33.6 Å². The van der Waals surface area contributed by atoms with Crippen molar-refractivity contribution in [3.63, 3.8) is 0 Å². The lowest BCUT2D eigenvalue weighted by molar-refractivity contribution is 0.319. The minimum atomic E-state index is 0.0112. The lowest BCUT2D eigenvalue weighted by Crippen LogP contribution is -2.09. The van der Waals surface area contributed by atoms with Gasteiger partial charge in [-0.05, 0) is 66.0 Å². The third-order valence-corrected chi connectivity index (χ3v) is 6.71. The molecular weight excluding hydrogens is 428 g/mol. The average molecular weight is 467 g/mol. The molecule has 0 amide bonds. The highest BCUT2D eigenvalue weighted by molar-refractivity contribution is 5.99. The second kappa shape index (κ2) is 10.5. The van der Waals surface area contributed by atoms with E-state index >= 15 is 0 Å². The molecule has 1 atom stereocenters. The molecule has 35 heavy (non-hydrogen) atoms. The maximum Gasteiger partial charge on any atom is 0.211 e. The van der Waals surface area contributed by atoms with Gasteiger partial charge in [-0.3, -0.25) is 0 Å². The van der Waals surface area contributed by atoms with Crippen LogP contribution in [0.5, 0.6) is 0 Å². The molecule has 0 saturated carbocycles. The third-order valence-electron chi connectivity index (χ3n) is 6.71. The van der Waals surface area contributed by atoms with Crippen molar-refractivity contribution in [1.82, 2.24) is 0 Å². The van der Waals surface area contributed by atoms with E-state index in [-0.39, 0.29) is 6.04 Å². The molecule has 3 heteroatoms. The maximum atomic E-state index is 6.19. The number of ether oxygens (including phenoxy) is 1. The van der Waals surface area contributed by atoms with E-state index in [9.17, 15) is 0 Å². The Labute approximate surface area is 211 Å². The third kappa shape index (κ3) is 5.51. The van der Waals surface area contributed by atoms with E-state index in [1.54, 1.807) is 0 Å². The molecule has 0 bridgehead atoms. The maximum absolute atomic E-state index is 6.19. The van der Waals surface area contributed by atoms with Crippen LogP contribution in [-0.2, 0) is 4.74 Å². The summed E-state index contributed by atoms with van der Waals surface area (Å²) in [7, 11) is 0. The molecular formula is C32H38N2O. The Morgan fingerprint density at radius 2 is 1.49 bits per heavy atom. The largest absolute Gasteiger partial charge is 0.475 e. The van der Waals surface area contributed by atoms with Crippen LogP contribution < -0.4 is 5.32 Å². The van der Waals surface area contributed by atoms with E-state index < -0.39 is 0 Å². The lowest BCUT2D eigenvalue weighted by Gasteiger charge is -2.21. The van der Waals surface area contributed by atoms with Gasteiger partial charge in [0.05, 0.1) is 5.70 Å². The molecule has 4 rings (SSSR count). The number of rotatable bonds is 7. The molecule has 3 nitrogen and oxygen atoms in total. The number of anilines is 1. The quantitative estimate of drug-likeness (QED) is 0.379. The molecule has 3 aromatic rings. The van der Waals surface area contributed by atoms with Gasteiger partial charge in [0.15, 0.2) is 0 Å². The standard InChI is InChI=1S/C32H38N2O/c1-20(2)26-14-11-15-27(21(3)4)31(26)29-19-35-30(33-29)18-28(25-12-9-8-10-13-25)34-32-23(6)16-22(5)17-24(32)7/h8-18,20-21,29,34H,19H2,1-7H3. The zero-order valence-corrected chi connectivity index (χ0v) is 22.1. The van der Waals surface area contributed by atoms with Gasteiger partial charge in [0.2, 0.25) is 5.90 Å². The first-order valence-electron chi connectivity index (χ1n) is 12.7. The number of nitrogens with one attached hydrogen (secondary N) is 1. The van der Waals surface area contributed by atoms with Gasteiger partial charge >= 0.3 is 0 Å². The summed E-state index contributed by atoms with van der Waals surface area (Å²) < 4.78 is 6.19. The molecule has 0 fully saturated rings. The Balaban J connectivity index is 1.75. The van der Waals surface area contributed by atoms with Gasteiger partial charge in [-0.2, -0.15) is 0 Å². The highest BCUT2D eigenvalue weighted by atomic mass is 16.5. The Morgan fingerprint density at radius 3 is 2.06 bits per heavy atom. The molecule has 0 saturated heterocycles. The predicted octanol–water partition coefficient (Wildman–Crippen LogP) is 8.48. The molecule has 1 unspecified atom stereocenters. The molecule has 0 spiro atoms. The number of aliphatic imine (C=N–C) groups is 1. The Morgan fingerprint density at radius 1 is 0.886 bits per heavy atom. The van der Waals surface area contributed by atoms with Crippen molar-refractivity contribution in [3.05, 3.63) is 106 Å². The first kappa shape index (κ1) is 24.8. The average Bonchev–Trinajstić information content (AvgIpc) is 3.28. The summed E-state index contributed by atoms with van der Waals surface area (Å²) in [5, 5.41) is 3.70. The van der Waals surface area contributed by atoms with Crippen molar-refractivity contribution >= 4 is 17.3 Å². The van der Waals surface area contributed by atoms with E-state index in [4.69, 9.17) is 9.73 Å². The first-order valence-corrected chi connectivity index (χ1v) is 12.7. The summed E-state index contributed by atoms with van der Waals surface area (Å²) in [5.74, 6) is 1.55. The lowest BCUT2D eigenvalue weighted by atomic mass is 9.85. The summed E-state index contributed by atoms with van der Waals surface area (Å²) in [6, 6.07) is 21.5. The van der Waals surface area contributed by atoms with Crippen LogP contribution in [0.3, 0.4) is 0 Å². The van der Waals surface area contributed by atoms with Crippen LogP contribution in [0.4, 0.5) is 5.69 Å². The van der Waals surface area contributed by atoms with Gasteiger partial charge in [0, 0.05) is 11.8 Å². The zero-order chi connectivity index (χ0) is 25.1. The molecule has 1 N–H and O–H groups in total. The van der Waals surface area contributed by atoms with Crippen LogP contribution in [-0.4, -0.2) is 12.5 Å². The molecule has 3 aromatic carbocycles. The van der Waals surface area contributed by atoms with E-state index in [1.807, 2.05) is 6.07 Å². The van der Waals surface area contributed by atoms with Crippen LogP contribution in [0, 0.1) is 20.8 Å². The van der Waals surface area contributed by atoms with Gasteiger partial charge in [0.25, 0.3) is 0 Å². The van der Waals surface area contributed by atoms with Crippen molar-refractivity contribution in [3.8, 4) is 0 Å². The van der Waals surface area contributed by atoms with E-state index in [0.29, 0.717) is 24.3 Å². The first-order chi connectivity index (χ1) is 16.7. The highest BCUT2D eigenvalue weighted by Crippen LogP contribution is 2.36. The van der Waals surface area contributed by atoms with Crippen LogP contribution in [0.1, 0.15) is 84.5 Å². The summed E-state index contributed by atoms with van der Waals surface area (Å²) in [6.45, 7) is 16.0. The van der Waals surface area contributed by atoms with Gasteiger partial charge in [0.1, 0.15) is 12.6 Å². The predicted molar refractivity (Wildman–Crippen MR) is 149 cm³/mol. The normalized spacial score (nSPS) is 16.0.